The zero-order valence-corrected chi connectivity index (χ0v) is 14.2. The fourth-order valence-corrected chi connectivity index (χ4v) is 2.75. The van der Waals surface area contributed by atoms with Gasteiger partial charge in [0.05, 0.1) is 6.61 Å². The van der Waals surface area contributed by atoms with E-state index in [-0.39, 0.29) is 17.9 Å². The van der Waals surface area contributed by atoms with Crippen LogP contribution in [0.1, 0.15) is 42.9 Å². The minimum Gasteiger partial charge on any atom is -0.462 e. The highest BCUT2D eigenvalue weighted by molar-refractivity contribution is 5.86. The van der Waals surface area contributed by atoms with Gasteiger partial charge >= 0.3 is 5.97 Å². The molecule has 0 amide bonds. The lowest BCUT2D eigenvalue weighted by atomic mass is 9.84. The van der Waals surface area contributed by atoms with Crippen molar-refractivity contribution in [3.05, 3.63) is 83.9 Å². The van der Waals surface area contributed by atoms with Crippen LogP contribution in [0, 0.1) is 0 Å². The van der Waals surface area contributed by atoms with Gasteiger partial charge in [-0.2, -0.15) is 0 Å². The molecule has 0 aromatic heterocycles. The van der Waals surface area contributed by atoms with Crippen molar-refractivity contribution in [2.75, 3.05) is 6.61 Å². The lowest BCUT2D eigenvalue weighted by Gasteiger charge is -2.25. The standard InChI is InChI=1S/C21H25NO2/c1-16(2)21(23)24-15-9-14-19(17-10-5-3-6-11-17)20(22)18-12-7-4-8-13-18/h3-8,10-13,19-20H,1,9,14-15,22H2,2H3. The molecule has 2 atom stereocenters. The summed E-state index contributed by atoms with van der Waals surface area (Å²) in [4.78, 5) is 11.5. The molecule has 0 aliphatic heterocycles. The van der Waals surface area contributed by atoms with Crippen LogP contribution in [-0.2, 0) is 9.53 Å². The molecular weight excluding hydrogens is 298 g/mol. The monoisotopic (exact) mass is 323 g/mol. The Balaban J connectivity index is 2.04. The maximum absolute atomic E-state index is 11.5. The molecule has 0 spiro atoms. The molecule has 0 radical (unpaired) electrons. The molecule has 0 aliphatic carbocycles. The van der Waals surface area contributed by atoms with E-state index in [9.17, 15) is 4.79 Å². The molecule has 2 unspecified atom stereocenters. The molecule has 2 N–H and O–H groups in total. The Morgan fingerprint density at radius 2 is 1.58 bits per heavy atom. The van der Waals surface area contributed by atoms with Gasteiger partial charge in [0.1, 0.15) is 0 Å². The van der Waals surface area contributed by atoms with E-state index >= 15 is 0 Å². The summed E-state index contributed by atoms with van der Waals surface area (Å²) in [6.07, 6.45) is 1.61. The highest BCUT2D eigenvalue weighted by Gasteiger charge is 2.21. The molecule has 2 rings (SSSR count). The Morgan fingerprint density at radius 3 is 2.12 bits per heavy atom. The summed E-state index contributed by atoms with van der Waals surface area (Å²) >= 11 is 0. The molecule has 2 aromatic rings. The number of rotatable bonds is 8. The summed E-state index contributed by atoms with van der Waals surface area (Å²) in [7, 11) is 0. The molecule has 0 saturated carbocycles. The van der Waals surface area contributed by atoms with Crippen molar-refractivity contribution >= 4 is 5.97 Å². The molecule has 0 saturated heterocycles. The normalized spacial score (nSPS) is 13.1. The second kappa shape index (κ2) is 9.04. The van der Waals surface area contributed by atoms with E-state index < -0.39 is 0 Å². The Bertz CT molecular complexity index is 652. The maximum Gasteiger partial charge on any atom is 0.333 e. The van der Waals surface area contributed by atoms with Crippen LogP contribution < -0.4 is 5.73 Å². The van der Waals surface area contributed by atoms with Gasteiger partial charge in [-0.1, -0.05) is 67.2 Å². The van der Waals surface area contributed by atoms with E-state index in [4.69, 9.17) is 10.5 Å². The molecule has 24 heavy (non-hydrogen) atoms. The summed E-state index contributed by atoms with van der Waals surface area (Å²) in [6, 6.07) is 20.3. The SMILES string of the molecule is C=C(C)C(=O)OCCCC(c1ccccc1)C(N)c1ccccc1. The van der Waals surface area contributed by atoms with Crippen molar-refractivity contribution in [1.29, 1.82) is 0 Å². The first-order chi connectivity index (χ1) is 11.6. The lowest BCUT2D eigenvalue weighted by Crippen LogP contribution is -2.20. The first-order valence-electron chi connectivity index (χ1n) is 8.27. The van der Waals surface area contributed by atoms with Crippen molar-refractivity contribution < 1.29 is 9.53 Å². The smallest absolute Gasteiger partial charge is 0.333 e. The number of esters is 1. The summed E-state index contributed by atoms with van der Waals surface area (Å²) in [5.41, 5.74) is 9.29. The average molecular weight is 323 g/mol. The Hall–Kier alpha value is -2.39. The number of carbonyl (C=O) groups is 1. The Kier molecular flexibility index (Phi) is 6.76. The predicted octanol–water partition coefficient (Wildman–Crippen LogP) is 4.37. The lowest BCUT2D eigenvalue weighted by molar-refractivity contribution is -0.139. The van der Waals surface area contributed by atoms with E-state index in [1.165, 1.54) is 5.56 Å². The van der Waals surface area contributed by atoms with Gasteiger partial charge in [-0.05, 0) is 30.9 Å². The molecule has 0 bridgehead atoms. The fourth-order valence-electron chi connectivity index (χ4n) is 2.75. The van der Waals surface area contributed by atoms with Gasteiger partial charge in [-0.3, -0.25) is 0 Å². The van der Waals surface area contributed by atoms with Crippen LogP contribution >= 0.6 is 0 Å². The highest BCUT2D eigenvalue weighted by atomic mass is 16.5. The molecule has 0 heterocycles. The molecule has 0 fully saturated rings. The fraction of sp³-hybridized carbons (Fsp3) is 0.286. The van der Waals surface area contributed by atoms with E-state index in [0.29, 0.717) is 12.2 Å². The minimum atomic E-state index is -0.335. The first-order valence-corrected chi connectivity index (χ1v) is 8.27. The first kappa shape index (κ1) is 18.0. The van der Waals surface area contributed by atoms with E-state index in [0.717, 1.165) is 18.4 Å². The van der Waals surface area contributed by atoms with Crippen LogP contribution in [0.3, 0.4) is 0 Å². The van der Waals surface area contributed by atoms with Gasteiger partial charge in [0.15, 0.2) is 0 Å². The van der Waals surface area contributed by atoms with Crippen molar-refractivity contribution in [2.45, 2.75) is 31.7 Å². The number of carbonyl (C=O) groups excluding carboxylic acids is 1. The highest BCUT2D eigenvalue weighted by Crippen LogP contribution is 2.32. The van der Waals surface area contributed by atoms with E-state index in [1.807, 2.05) is 36.4 Å². The van der Waals surface area contributed by atoms with Gasteiger partial charge in [0.25, 0.3) is 0 Å². The third-order valence-electron chi connectivity index (χ3n) is 4.09. The van der Waals surface area contributed by atoms with Crippen molar-refractivity contribution in [3.63, 3.8) is 0 Å². The summed E-state index contributed by atoms with van der Waals surface area (Å²) in [6.45, 7) is 5.63. The number of nitrogens with two attached hydrogens (primary N) is 1. The van der Waals surface area contributed by atoms with Crippen LogP contribution in [0.2, 0.25) is 0 Å². The molecule has 3 nitrogen and oxygen atoms in total. The zero-order valence-electron chi connectivity index (χ0n) is 14.2. The van der Waals surface area contributed by atoms with Crippen molar-refractivity contribution in [1.82, 2.24) is 0 Å². The van der Waals surface area contributed by atoms with E-state index in [2.05, 4.69) is 30.8 Å². The Morgan fingerprint density at radius 1 is 1.04 bits per heavy atom. The summed E-state index contributed by atoms with van der Waals surface area (Å²) in [5, 5.41) is 0. The van der Waals surface area contributed by atoms with E-state index in [1.54, 1.807) is 6.92 Å². The van der Waals surface area contributed by atoms with Gasteiger partial charge in [-0.25, -0.2) is 4.79 Å². The number of benzene rings is 2. The van der Waals surface area contributed by atoms with Crippen LogP contribution in [-0.4, -0.2) is 12.6 Å². The largest absolute Gasteiger partial charge is 0.462 e. The second-order valence-corrected chi connectivity index (χ2v) is 6.01. The van der Waals surface area contributed by atoms with Gasteiger partial charge in [0, 0.05) is 17.5 Å². The predicted molar refractivity (Wildman–Crippen MR) is 97.6 cm³/mol. The summed E-state index contributed by atoms with van der Waals surface area (Å²) < 4.78 is 5.20. The zero-order chi connectivity index (χ0) is 17.4. The van der Waals surface area contributed by atoms with Crippen LogP contribution in [0.4, 0.5) is 0 Å². The number of ether oxygens (including phenoxy) is 1. The molecular formula is C21H25NO2. The third kappa shape index (κ3) is 5.07. The quantitative estimate of drug-likeness (QED) is 0.446. The van der Waals surface area contributed by atoms with Crippen LogP contribution in [0.5, 0.6) is 0 Å². The molecule has 3 heteroatoms. The average Bonchev–Trinajstić information content (AvgIpc) is 2.62. The van der Waals surface area contributed by atoms with Gasteiger partial charge in [0.2, 0.25) is 0 Å². The second-order valence-electron chi connectivity index (χ2n) is 6.01. The third-order valence-corrected chi connectivity index (χ3v) is 4.09. The maximum atomic E-state index is 11.5. The summed E-state index contributed by atoms with van der Waals surface area (Å²) in [5.74, 6) is -0.157. The Labute approximate surface area is 144 Å². The minimum absolute atomic E-state index is 0.0922. The van der Waals surface area contributed by atoms with Crippen molar-refractivity contribution in [3.8, 4) is 0 Å². The van der Waals surface area contributed by atoms with Crippen LogP contribution in [0.15, 0.2) is 72.8 Å². The molecule has 126 valence electrons. The van der Waals surface area contributed by atoms with Crippen molar-refractivity contribution in [2.24, 2.45) is 5.73 Å². The number of hydrogen-bond donors (Lipinski definition) is 1. The van der Waals surface area contributed by atoms with Crippen LogP contribution in [0.25, 0.3) is 0 Å². The molecule has 0 aliphatic rings. The molecule has 2 aromatic carbocycles. The topological polar surface area (TPSA) is 52.3 Å². The van der Waals surface area contributed by atoms with Gasteiger partial charge < -0.3 is 10.5 Å². The van der Waals surface area contributed by atoms with Gasteiger partial charge in [-0.15, -0.1) is 0 Å². The number of hydrogen-bond acceptors (Lipinski definition) is 3.